The van der Waals surface area contributed by atoms with E-state index in [0.29, 0.717) is 0 Å². The zero-order valence-corrected chi connectivity index (χ0v) is 15.5. The molecule has 0 fully saturated rings. The Balaban J connectivity index is 1.95. The fourth-order valence-electron chi connectivity index (χ4n) is 2.13. The molecule has 0 N–H and O–H groups in total. The summed E-state index contributed by atoms with van der Waals surface area (Å²) in [4.78, 5) is 6.99. The summed E-state index contributed by atoms with van der Waals surface area (Å²) in [6.07, 6.45) is 0. The predicted molar refractivity (Wildman–Crippen MR) is 92.9 cm³/mol. The van der Waals surface area contributed by atoms with Crippen LogP contribution in [0.2, 0.25) is 0 Å². The summed E-state index contributed by atoms with van der Waals surface area (Å²) in [6.45, 7) is 0. The van der Waals surface area contributed by atoms with Gasteiger partial charge in [0.1, 0.15) is 0 Å². The summed E-state index contributed by atoms with van der Waals surface area (Å²) < 4.78 is 12.8. The molecule has 5 heteroatoms. The average molecular weight is 423 g/mol. The number of hydrogen-bond acceptors (Lipinski definition) is 3. The van der Waals surface area contributed by atoms with Gasteiger partial charge in [0.15, 0.2) is 0 Å². The van der Waals surface area contributed by atoms with Crippen molar-refractivity contribution >= 4 is 30.4 Å². The molecule has 0 saturated carbocycles. The van der Waals surface area contributed by atoms with Crippen LogP contribution in [-0.4, -0.2) is 33.7 Å². The number of aromatic nitrogens is 1. The molecular weight excluding hydrogens is 409 g/mol. The first kappa shape index (κ1) is 15.3. The third-order valence-corrected chi connectivity index (χ3v) is 5.67. The maximum atomic E-state index is 5.37. The molecule has 0 radical (unpaired) electrons. The van der Waals surface area contributed by atoms with Crippen molar-refractivity contribution in [3.8, 4) is 32.9 Å². The van der Waals surface area contributed by atoms with Gasteiger partial charge in [0, 0.05) is 0 Å². The molecule has 3 aromatic rings. The summed E-state index contributed by atoms with van der Waals surface area (Å²) in [6, 6.07) is 14.2. The average Bonchev–Trinajstić information content (AvgIpc) is 3.05. The molecule has 1 heterocycles. The minimum atomic E-state index is 0.224. The molecule has 0 aliphatic rings. The van der Waals surface area contributed by atoms with Gasteiger partial charge in [0.05, 0.1) is 0 Å². The zero-order valence-electron chi connectivity index (χ0n) is 12.2. The third-order valence-electron chi connectivity index (χ3n) is 3.27. The fourth-order valence-corrected chi connectivity index (χ4v) is 4.13. The number of rotatable bonds is 4. The van der Waals surface area contributed by atoms with Crippen molar-refractivity contribution in [1.82, 2.24) is 4.98 Å². The third kappa shape index (κ3) is 3.12. The SMILES string of the molecule is COc1ccc(-c2nc(-c3ccc(Br)cc3)c[se]2)cc1OC. The number of ether oxygens (including phenoxy) is 2. The van der Waals surface area contributed by atoms with Crippen LogP contribution in [-0.2, 0) is 0 Å². The van der Waals surface area contributed by atoms with Crippen molar-refractivity contribution in [2.24, 2.45) is 0 Å². The van der Waals surface area contributed by atoms with Gasteiger partial charge >= 0.3 is 144 Å². The molecule has 0 amide bonds. The Labute approximate surface area is 143 Å². The standard InChI is InChI=1S/C17H14BrNO2Se/c1-20-15-8-5-12(9-16(15)21-2)17-19-14(10-22-17)11-3-6-13(18)7-4-11/h3-10H,1-2H3. The van der Waals surface area contributed by atoms with Gasteiger partial charge in [-0.15, -0.1) is 0 Å². The molecule has 22 heavy (non-hydrogen) atoms. The van der Waals surface area contributed by atoms with Gasteiger partial charge in [-0.25, -0.2) is 0 Å². The second-order valence-corrected chi connectivity index (χ2v) is 7.33. The first-order chi connectivity index (χ1) is 10.7. The van der Waals surface area contributed by atoms with E-state index in [0.717, 1.165) is 37.4 Å². The molecule has 0 aliphatic heterocycles. The number of hydrogen-bond donors (Lipinski definition) is 0. The van der Waals surface area contributed by atoms with Gasteiger partial charge in [-0.2, -0.15) is 0 Å². The molecule has 0 unspecified atom stereocenters. The molecule has 3 rings (SSSR count). The molecule has 112 valence electrons. The van der Waals surface area contributed by atoms with Gasteiger partial charge in [0.2, 0.25) is 0 Å². The first-order valence-electron chi connectivity index (χ1n) is 6.65. The Morgan fingerprint density at radius 3 is 2.27 bits per heavy atom. The Bertz CT molecular complexity index is 784. The second-order valence-electron chi connectivity index (χ2n) is 4.61. The van der Waals surface area contributed by atoms with E-state index in [1.165, 1.54) is 0 Å². The molecule has 0 spiro atoms. The van der Waals surface area contributed by atoms with Crippen LogP contribution in [0.4, 0.5) is 0 Å². The summed E-state index contributed by atoms with van der Waals surface area (Å²) >= 11 is 3.68. The van der Waals surface area contributed by atoms with E-state index in [2.05, 4.69) is 33.0 Å². The first-order valence-corrected chi connectivity index (χ1v) is 9.29. The van der Waals surface area contributed by atoms with Crippen molar-refractivity contribution < 1.29 is 9.47 Å². The molecular formula is C17H14BrNO2Se. The van der Waals surface area contributed by atoms with E-state index in [1.807, 2.05) is 30.3 Å². The van der Waals surface area contributed by atoms with Gasteiger partial charge in [0.25, 0.3) is 0 Å². The number of benzene rings is 2. The van der Waals surface area contributed by atoms with Crippen LogP contribution in [0.15, 0.2) is 51.9 Å². The van der Waals surface area contributed by atoms with Crippen molar-refractivity contribution in [2.75, 3.05) is 14.2 Å². The predicted octanol–water partition coefficient (Wildman–Crippen LogP) is 4.25. The topological polar surface area (TPSA) is 31.4 Å². The van der Waals surface area contributed by atoms with E-state index in [4.69, 9.17) is 14.5 Å². The summed E-state index contributed by atoms with van der Waals surface area (Å²) in [5.41, 5.74) is 3.26. The van der Waals surface area contributed by atoms with E-state index in [9.17, 15) is 0 Å². The fraction of sp³-hybridized carbons (Fsp3) is 0.118. The van der Waals surface area contributed by atoms with Crippen LogP contribution in [0, 0.1) is 0 Å². The molecule has 0 saturated heterocycles. The van der Waals surface area contributed by atoms with Crippen LogP contribution >= 0.6 is 15.9 Å². The number of halogens is 1. The number of methoxy groups -OCH3 is 2. The van der Waals surface area contributed by atoms with Crippen molar-refractivity contribution in [2.45, 2.75) is 0 Å². The summed E-state index contributed by atoms with van der Waals surface area (Å²) in [7, 11) is 3.29. The molecule has 2 aromatic carbocycles. The van der Waals surface area contributed by atoms with E-state index < -0.39 is 0 Å². The normalized spacial score (nSPS) is 10.5. The second kappa shape index (κ2) is 6.69. The van der Waals surface area contributed by atoms with Gasteiger partial charge in [-0.05, 0) is 0 Å². The van der Waals surface area contributed by atoms with Gasteiger partial charge < -0.3 is 0 Å². The monoisotopic (exact) mass is 423 g/mol. The van der Waals surface area contributed by atoms with Crippen LogP contribution in [0.5, 0.6) is 11.5 Å². The van der Waals surface area contributed by atoms with Crippen LogP contribution in [0.1, 0.15) is 0 Å². The molecule has 3 nitrogen and oxygen atoms in total. The van der Waals surface area contributed by atoms with Crippen LogP contribution in [0.25, 0.3) is 21.4 Å². The maximum absolute atomic E-state index is 5.37. The van der Waals surface area contributed by atoms with Crippen molar-refractivity contribution in [1.29, 1.82) is 0 Å². The Morgan fingerprint density at radius 2 is 1.59 bits per heavy atom. The Morgan fingerprint density at radius 1 is 0.909 bits per heavy atom. The minimum absolute atomic E-state index is 0.224. The van der Waals surface area contributed by atoms with Crippen molar-refractivity contribution in [3.05, 3.63) is 51.9 Å². The molecule has 1 aromatic heterocycles. The number of nitrogens with zero attached hydrogens (tertiary/aromatic N) is 1. The Hall–Kier alpha value is -1.55. The van der Waals surface area contributed by atoms with Crippen molar-refractivity contribution in [3.63, 3.8) is 0 Å². The molecule has 0 aliphatic carbocycles. The quantitative estimate of drug-likeness (QED) is 0.589. The molecule has 0 atom stereocenters. The van der Waals surface area contributed by atoms with E-state index in [1.54, 1.807) is 14.2 Å². The van der Waals surface area contributed by atoms with Crippen LogP contribution < -0.4 is 9.47 Å². The zero-order chi connectivity index (χ0) is 15.5. The summed E-state index contributed by atoms with van der Waals surface area (Å²) in [5, 5.41) is 0. The van der Waals surface area contributed by atoms with E-state index in [-0.39, 0.29) is 14.5 Å². The molecule has 0 bridgehead atoms. The van der Waals surface area contributed by atoms with Gasteiger partial charge in [-0.1, -0.05) is 0 Å². The Kier molecular flexibility index (Phi) is 4.67. The van der Waals surface area contributed by atoms with Gasteiger partial charge in [-0.3, -0.25) is 0 Å². The van der Waals surface area contributed by atoms with Crippen LogP contribution in [0.3, 0.4) is 0 Å². The summed E-state index contributed by atoms with van der Waals surface area (Å²) in [5.74, 6) is 1.47. The van der Waals surface area contributed by atoms with E-state index >= 15 is 0 Å².